The molecule has 0 radical (unpaired) electrons. The molecule has 4 nitrogen and oxygen atoms in total. The predicted octanol–water partition coefficient (Wildman–Crippen LogP) is 2.37. The second-order valence-electron chi connectivity index (χ2n) is 7.39. The molecule has 7 heteroatoms. The molecule has 4 aliphatic rings. The van der Waals surface area contributed by atoms with Gasteiger partial charge < -0.3 is 11.1 Å². The first-order valence-corrected chi connectivity index (χ1v) is 8.43. The van der Waals surface area contributed by atoms with Gasteiger partial charge in [-0.1, -0.05) is 0 Å². The zero-order valence-corrected chi connectivity index (χ0v) is 12.9. The maximum absolute atomic E-state index is 13.4. The van der Waals surface area contributed by atoms with Crippen LogP contribution in [0.5, 0.6) is 0 Å². The Hall–Kier alpha value is -1.27. The molecular formula is C16H23F3N2O2. The first kappa shape index (κ1) is 16.6. The van der Waals surface area contributed by atoms with Crippen LogP contribution in [0.25, 0.3) is 0 Å². The molecule has 0 aromatic heterocycles. The van der Waals surface area contributed by atoms with Gasteiger partial charge in [0.05, 0.1) is 11.8 Å². The van der Waals surface area contributed by atoms with Gasteiger partial charge in [-0.3, -0.25) is 9.59 Å². The fraction of sp³-hybridized carbons (Fsp3) is 0.875. The summed E-state index contributed by atoms with van der Waals surface area (Å²) >= 11 is 0. The molecule has 130 valence electrons. The van der Waals surface area contributed by atoms with Crippen LogP contribution < -0.4 is 11.1 Å². The summed E-state index contributed by atoms with van der Waals surface area (Å²) in [5, 5.41) is 2.77. The lowest BCUT2D eigenvalue weighted by Crippen LogP contribution is -2.54. The van der Waals surface area contributed by atoms with Crippen molar-refractivity contribution in [2.24, 2.45) is 35.3 Å². The van der Waals surface area contributed by atoms with Gasteiger partial charge >= 0.3 is 6.18 Å². The number of fused-ring (bicyclic) bond motifs is 3. The number of carbonyl (C=O) groups excluding carboxylic acids is 2. The number of hydrogen-bond acceptors (Lipinski definition) is 2. The van der Waals surface area contributed by atoms with Gasteiger partial charge in [0.25, 0.3) is 0 Å². The van der Waals surface area contributed by atoms with E-state index in [1.165, 1.54) is 0 Å². The second-order valence-corrected chi connectivity index (χ2v) is 7.39. The molecule has 0 heterocycles. The van der Waals surface area contributed by atoms with Crippen LogP contribution in [0.2, 0.25) is 0 Å². The van der Waals surface area contributed by atoms with E-state index in [4.69, 9.17) is 5.73 Å². The molecule has 0 unspecified atom stereocenters. The van der Waals surface area contributed by atoms with E-state index < -0.39 is 35.7 Å². The third kappa shape index (κ3) is 3.19. The van der Waals surface area contributed by atoms with Gasteiger partial charge in [0.2, 0.25) is 11.8 Å². The summed E-state index contributed by atoms with van der Waals surface area (Å²) in [6.07, 6.45) is -0.0995. The van der Waals surface area contributed by atoms with Crippen molar-refractivity contribution in [1.29, 1.82) is 0 Å². The molecule has 3 N–H and O–H groups in total. The molecule has 0 aromatic carbocycles. The number of nitrogens with two attached hydrogens (primary N) is 1. The quantitative estimate of drug-likeness (QED) is 0.833. The molecule has 23 heavy (non-hydrogen) atoms. The van der Waals surface area contributed by atoms with Crippen molar-refractivity contribution in [3.63, 3.8) is 0 Å². The number of halogens is 3. The highest BCUT2D eigenvalue weighted by Gasteiger charge is 2.58. The van der Waals surface area contributed by atoms with Crippen molar-refractivity contribution in [2.45, 2.75) is 57.2 Å². The smallest absolute Gasteiger partial charge is 0.369 e. The Kier molecular flexibility index (Phi) is 4.31. The number of rotatable bonds is 3. The van der Waals surface area contributed by atoms with Crippen LogP contribution in [0.1, 0.15) is 44.9 Å². The summed E-state index contributed by atoms with van der Waals surface area (Å²) in [4.78, 5) is 23.7. The van der Waals surface area contributed by atoms with Crippen LogP contribution >= 0.6 is 0 Å². The summed E-state index contributed by atoms with van der Waals surface area (Å²) in [6, 6.07) is -0.227. The van der Waals surface area contributed by atoms with Crippen LogP contribution in [0.4, 0.5) is 13.2 Å². The molecule has 4 atom stereocenters. The molecule has 4 saturated carbocycles. The average Bonchev–Trinajstić information content (AvgIpc) is 2.95. The predicted molar refractivity (Wildman–Crippen MR) is 76.9 cm³/mol. The number of hydrogen-bond donors (Lipinski definition) is 2. The largest absolute Gasteiger partial charge is 0.392 e. The first-order valence-electron chi connectivity index (χ1n) is 8.43. The van der Waals surface area contributed by atoms with Gasteiger partial charge in [-0.15, -0.1) is 0 Å². The molecule has 0 saturated heterocycles. The van der Waals surface area contributed by atoms with Crippen LogP contribution in [0, 0.1) is 29.6 Å². The van der Waals surface area contributed by atoms with Gasteiger partial charge in [-0.25, -0.2) is 0 Å². The number of primary amides is 1. The zero-order chi connectivity index (χ0) is 16.8. The Morgan fingerprint density at radius 1 is 0.957 bits per heavy atom. The van der Waals surface area contributed by atoms with Crippen molar-refractivity contribution in [2.75, 3.05) is 0 Å². The Balaban J connectivity index is 1.69. The van der Waals surface area contributed by atoms with E-state index in [0.29, 0.717) is 44.9 Å². The van der Waals surface area contributed by atoms with Gasteiger partial charge in [0.15, 0.2) is 0 Å². The summed E-state index contributed by atoms with van der Waals surface area (Å²) < 4.78 is 40.3. The molecule has 4 fully saturated rings. The SMILES string of the molecule is NC(=O)[C@@H]1CC[C@H](NC(=O)[C@H]2C3CCC(CC3)[C@@H]2C(F)(F)F)C1. The monoisotopic (exact) mass is 332 g/mol. The Bertz CT molecular complexity index is 486. The van der Waals surface area contributed by atoms with Crippen molar-refractivity contribution in [3.05, 3.63) is 0 Å². The van der Waals surface area contributed by atoms with Gasteiger partial charge in [-0.05, 0) is 56.8 Å². The molecule has 2 bridgehead atoms. The topological polar surface area (TPSA) is 72.2 Å². The minimum Gasteiger partial charge on any atom is -0.369 e. The normalized spacial score (nSPS) is 40.1. The molecule has 0 aromatic rings. The molecule has 0 spiro atoms. The van der Waals surface area contributed by atoms with Crippen LogP contribution in [0.3, 0.4) is 0 Å². The summed E-state index contributed by atoms with van der Waals surface area (Å²) in [7, 11) is 0. The summed E-state index contributed by atoms with van der Waals surface area (Å²) in [5.74, 6) is -4.21. The van der Waals surface area contributed by atoms with E-state index in [1.54, 1.807) is 0 Å². The molecule has 4 aliphatic carbocycles. The van der Waals surface area contributed by atoms with E-state index in [0.717, 1.165) is 0 Å². The summed E-state index contributed by atoms with van der Waals surface area (Å²) in [6.45, 7) is 0. The van der Waals surface area contributed by atoms with Crippen molar-refractivity contribution >= 4 is 11.8 Å². The Morgan fingerprint density at radius 2 is 1.57 bits per heavy atom. The van der Waals surface area contributed by atoms with Crippen LogP contribution in [-0.2, 0) is 9.59 Å². The lowest BCUT2D eigenvalue weighted by atomic mass is 9.58. The van der Waals surface area contributed by atoms with E-state index >= 15 is 0 Å². The maximum atomic E-state index is 13.4. The highest BCUT2D eigenvalue weighted by molar-refractivity contribution is 5.81. The van der Waals surface area contributed by atoms with Gasteiger partial charge in [0.1, 0.15) is 0 Å². The maximum Gasteiger partial charge on any atom is 0.392 e. The van der Waals surface area contributed by atoms with Crippen molar-refractivity contribution < 1.29 is 22.8 Å². The standard InChI is InChI=1S/C16H23F3N2O2/c17-16(18,19)13-9-3-1-8(2-4-9)12(13)15(23)21-11-6-5-10(7-11)14(20)22/h8-13H,1-7H2,(H2,20,22)(H,21,23)/t8?,9?,10-,11+,12+,13+/m1/s1. The molecule has 2 amide bonds. The summed E-state index contributed by atoms with van der Waals surface area (Å²) in [5.41, 5.74) is 5.26. The number of nitrogens with one attached hydrogen (secondary N) is 1. The highest BCUT2D eigenvalue weighted by atomic mass is 19.4. The minimum atomic E-state index is -4.32. The van der Waals surface area contributed by atoms with E-state index in [2.05, 4.69) is 5.32 Å². The fourth-order valence-electron chi connectivity index (χ4n) is 4.97. The number of carbonyl (C=O) groups is 2. The Morgan fingerprint density at radius 3 is 2.09 bits per heavy atom. The molecule has 0 aliphatic heterocycles. The lowest BCUT2D eigenvalue weighted by Gasteiger charge is -2.48. The lowest BCUT2D eigenvalue weighted by molar-refractivity contribution is -0.229. The van der Waals surface area contributed by atoms with Crippen molar-refractivity contribution in [1.82, 2.24) is 5.32 Å². The third-order valence-corrected chi connectivity index (χ3v) is 6.08. The zero-order valence-electron chi connectivity index (χ0n) is 12.9. The number of amides is 2. The van der Waals surface area contributed by atoms with E-state index in [1.807, 2.05) is 0 Å². The van der Waals surface area contributed by atoms with E-state index in [9.17, 15) is 22.8 Å². The van der Waals surface area contributed by atoms with Crippen LogP contribution in [0.15, 0.2) is 0 Å². The number of alkyl halides is 3. The minimum absolute atomic E-state index is 0.167. The molecule has 4 rings (SSSR count). The first-order chi connectivity index (χ1) is 10.8. The third-order valence-electron chi connectivity index (χ3n) is 6.08. The molecular weight excluding hydrogens is 309 g/mol. The Labute approximate surface area is 133 Å². The second kappa shape index (κ2) is 5.98. The van der Waals surface area contributed by atoms with Crippen molar-refractivity contribution in [3.8, 4) is 0 Å². The van der Waals surface area contributed by atoms with E-state index in [-0.39, 0.29) is 17.9 Å². The highest BCUT2D eigenvalue weighted by Crippen LogP contribution is 2.54. The van der Waals surface area contributed by atoms with Gasteiger partial charge in [-0.2, -0.15) is 13.2 Å². The van der Waals surface area contributed by atoms with Gasteiger partial charge in [0, 0.05) is 12.0 Å². The van der Waals surface area contributed by atoms with Crippen LogP contribution in [-0.4, -0.2) is 24.0 Å². The fourth-order valence-corrected chi connectivity index (χ4v) is 4.97. The average molecular weight is 332 g/mol.